The van der Waals surface area contributed by atoms with E-state index in [0.29, 0.717) is 12.8 Å². The van der Waals surface area contributed by atoms with Crippen molar-refractivity contribution in [3.8, 4) is 0 Å². The van der Waals surface area contributed by atoms with Gasteiger partial charge in [-0.25, -0.2) is 4.79 Å². The number of fused-ring (bicyclic) bond motifs is 1. The molecule has 0 fully saturated rings. The molecule has 29 heavy (non-hydrogen) atoms. The lowest BCUT2D eigenvalue weighted by atomic mass is 9.99. The average molecular weight is 400 g/mol. The van der Waals surface area contributed by atoms with E-state index in [1.165, 1.54) is 5.39 Å². The summed E-state index contributed by atoms with van der Waals surface area (Å²) in [5.74, 6) is -0.271. The van der Waals surface area contributed by atoms with Crippen LogP contribution >= 0.6 is 0 Å². The van der Waals surface area contributed by atoms with Gasteiger partial charge in [0.2, 0.25) is 0 Å². The zero-order chi connectivity index (χ0) is 21.7. The highest BCUT2D eigenvalue weighted by Gasteiger charge is 2.22. The van der Waals surface area contributed by atoms with Crippen LogP contribution in [0.3, 0.4) is 0 Å². The lowest BCUT2D eigenvalue weighted by Gasteiger charge is -2.24. The SMILES string of the molecule is CC(C)(C)OC(=O)CC[C@H](Cc1ccc2ccccc2c1)NC(=O)OC(C)(C)C. The van der Waals surface area contributed by atoms with Gasteiger partial charge in [0, 0.05) is 12.5 Å². The van der Waals surface area contributed by atoms with Crippen molar-refractivity contribution in [3.05, 3.63) is 48.0 Å². The molecule has 0 aromatic heterocycles. The van der Waals surface area contributed by atoms with Gasteiger partial charge in [-0.3, -0.25) is 4.79 Å². The Bertz CT molecular complexity index is 846. The van der Waals surface area contributed by atoms with Crippen LogP contribution < -0.4 is 5.32 Å². The van der Waals surface area contributed by atoms with Crippen LogP contribution in [-0.4, -0.2) is 29.3 Å². The molecule has 0 heterocycles. The molecule has 0 bridgehead atoms. The first-order chi connectivity index (χ1) is 13.4. The smallest absolute Gasteiger partial charge is 0.407 e. The zero-order valence-electron chi connectivity index (χ0n) is 18.4. The highest BCUT2D eigenvalue weighted by molar-refractivity contribution is 5.83. The van der Waals surface area contributed by atoms with E-state index in [9.17, 15) is 9.59 Å². The van der Waals surface area contributed by atoms with Crippen molar-refractivity contribution in [2.45, 2.75) is 78.0 Å². The van der Waals surface area contributed by atoms with E-state index < -0.39 is 17.3 Å². The van der Waals surface area contributed by atoms with Crippen molar-refractivity contribution >= 4 is 22.8 Å². The minimum absolute atomic E-state index is 0.227. The van der Waals surface area contributed by atoms with Crippen LogP contribution in [0, 0.1) is 0 Å². The molecular weight excluding hydrogens is 366 g/mol. The Morgan fingerprint density at radius 1 is 0.897 bits per heavy atom. The molecule has 0 spiro atoms. The fraction of sp³-hybridized carbons (Fsp3) is 0.500. The molecule has 2 rings (SSSR count). The monoisotopic (exact) mass is 399 g/mol. The summed E-state index contributed by atoms with van der Waals surface area (Å²) in [4.78, 5) is 24.4. The number of amides is 1. The second-order valence-electron chi connectivity index (χ2n) is 9.35. The standard InChI is InChI=1S/C24H33NO4/c1-23(2,3)28-21(26)14-13-20(25-22(27)29-24(4,5)6)16-17-11-12-18-9-7-8-10-19(18)15-17/h7-12,15,20H,13-14,16H2,1-6H3,(H,25,27)/t20-/m1/s1. The number of alkyl carbamates (subject to hydrolysis) is 1. The molecule has 1 amide bonds. The van der Waals surface area contributed by atoms with E-state index in [4.69, 9.17) is 9.47 Å². The topological polar surface area (TPSA) is 64.6 Å². The summed E-state index contributed by atoms with van der Waals surface area (Å²) in [5.41, 5.74) is -0.0133. The Labute approximate surface area is 173 Å². The van der Waals surface area contributed by atoms with Gasteiger partial charge in [0.25, 0.3) is 0 Å². The molecule has 0 unspecified atom stereocenters. The molecule has 0 aliphatic heterocycles. The molecule has 1 N–H and O–H groups in total. The maximum absolute atomic E-state index is 12.3. The number of ether oxygens (including phenoxy) is 2. The third-order valence-electron chi connectivity index (χ3n) is 4.13. The summed E-state index contributed by atoms with van der Waals surface area (Å²) in [6, 6.07) is 14.2. The molecule has 0 saturated carbocycles. The minimum Gasteiger partial charge on any atom is -0.460 e. The quantitative estimate of drug-likeness (QED) is 0.661. The van der Waals surface area contributed by atoms with Gasteiger partial charge < -0.3 is 14.8 Å². The van der Waals surface area contributed by atoms with Gasteiger partial charge in [0.15, 0.2) is 0 Å². The second-order valence-corrected chi connectivity index (χ2v) is 9.35. The Kier molecular flexibility index (Phi) is 7.28. The third-order valence-corrected chi connectivity index (χ3v) is 4.13. The molecule has 0 saturated heterocycles. The number of nitrogens with one attached hydrogen (secondary N) is 1. The summed E-state index contributed by atoms with van der Waals surface area (Å²) in [6.07, 6.45) is 0.826. The zero-order valence-corrected chi connectivity index (χ0v) is 18.4. The van der Waals surface area contributed by atoms with Crippen LogP contribution in [0.4, 0.5) is 4.79 Å². The molecule has 1 atom stereocenters. The van der Waals surface area contributed by atoms with Crippen LogP contribution in [0.2, 0.25) is 0 Å². The van der Waals surface area contributed by atoms with Gasteiger partial charge >= 0.3 is 12.1 Å². The fourth-order valence-corrected chi connectivity index (χ4v) is 3.03. The van der Waals surface area contributed by atoms with E-state index in [1.807, 2.05) is 53.7 Å². The molecule has 0 aliphatic rings. The summed E-state index contributed by atoms with van der Waals surface area (Å²) in [7, 11) is 0. The van der Waals surface area contributed by atoms with E-state index >= 15 is 0 Å². The van der Waals surface area contributed by atoms with E-state index in [-0.39, 0.29) is 18.4 Å². The first-order valence-electron chi connectivity index (χ1n) is 10.1. The predicted molar refractivity (Wildman–Crippen MR) is 116 cm³/mol. The Morgan fingerprint density at radius 3 is 2.14 bits per heavy atom. The van der Waals surface area contributed by atoms with E-state index in [2.05, 4.69) is 35.6 Å². The molecule has 158 valence electrons. The van der Waals surface area contributed by atoms with Gasteiger partial charge in [-0.15, -0.1) is 0 Å². The van der Waals surface area contributed by atoms with Crippen molar-refractivity contribution in [2.24, 2.45) is 0 Å². The fourth-order valence-electron chi connectivity index (χ4n) is 3.03. The molecule has 0 radical (unpaired) electrons. The number of hydrogen-bond acceptors (Lipinski definition) is 4. The Hall–Kier alpha value is -2.56. The maximum atomic E-state index is 12.3. The van der Waals surface area contributed by atoms with Crippen molar-refractivity contribution in [2.75, 3.05) is 0 Å². The largest absolute Gasteiger partial charge is 0.460 e. The minimum atomic E-state index is -0.581. The molecule has 2 aromatic rings. The van der Waals surface area contributed by atoms with Crippen molar-refractivity contribution < 1.29 is 19.1 Å². The van der Waals surface area contributed by atoms with Gasteiger partial charge in [0.1, 0.15) is 11.2 Å². The number of hydrogen-bond donors (Lipinski definition) is 1. The normalized spacial score (nSPS) is 13.0. The van der Waals surface area contributed by atoms with E-state index in [0.717, 1.165) is 10.9 Å². The summed E-state index contributed by atoms with van der Waals surface area (Å²) >= 11 is 0. The van der Waals surface area contributed by atoms with Crippen LogP contribution in [0.15, 0.2) is 42.5 Å². The molecule has 5 nitrogen and oxygen atoms in total. The molecule has 2 aromatic carbocycles. The molecular formula is C24H33NO4. The number of carbonyl (C=O) groups is 2. The highest BCUT2D eigenvalue weighted by Crippen LogP contribution is 2.19. The van der Waals surface area contributed by atoms with Crippen LogP contribution in [0.25, 0.3) is 10.8 Å². The van der Waals surface area contributed by atoms with E-state index in [1.54, 1.807) is 0 Å². The predicted octanol–water partition coefficient (Wildman–Crippen LogP) is 5.40. The number of rotatable bonds is 6. The van der Waals surface area contributed by atoms with Gasteiger partial charge in [0.05, 0.1) is 0 Å². The van der Waals surface area contributed by atoms with Gasteiger partial charge in [-0.1, -0.05) is 42.5 Å². The molecule has 5 heteroatoms. The average Bonchev–Trinajstić information content (AvgIpc) is 2.56. The first-order valence-corrected chi connectivity index (χ1v) is 10.1. The van der Waals surface area contributed by atoms with Crippen molar-refractivity contribution in [1.29, 1.82) is 0 Å². The summed E-state index contributed by atoms with van der Waals surface area (Å²) in [6.45, 7) is 11.0. The molecule has 0 aliphatic carbocycles. The second kappa shape index (κ2) is 9.29. The maximum Gasteiger partial charge on any atom is 0.407 e. The van der Waals surface area contributed by atoms with Crippen molar-refractivity contribution in [3.63, 3.8) is 0 Å². The Balaban J connectivity index is 2.09. The van der Waals surface area contributed by atoms with Crippen LogP contribution in [0.5, 0.6) is 0 Å². The van der Waals surface area contributed by atoms with Gasteiger partial charge in [-0.2, -0.15) is 0 Å². The third kappa shape index (κ3) is 8.55. The number of benzene rings is 2. The van der Waals surface area contributed by atoms with Gasteiger partial charge in [-0.05, 0) is 70.7 Å². The Morgan fingerprint density at radius 2 is 1.52 bits per heavy atom. The number of carbonyl (C=O) groups excluding carboxylic acids is 2. The van der Waals surface area contributed by atoms with Crippen LogP contribution in [0.1, 0.15) is 59.9 Å². The summed E-state index contributed by atoms with van der Waals surface area (Å²) < 4.78 is 10.8. The highest BCUT2D eigenvalue weighted by atomic mass is 16.6. The van der Waals surface area contributed by atoms with Crippen LogP contribution in [-0.2, 0) is 20.7 Å². The lowest BCUT2D eigenvalue weighted by Crippen LogP contribution is -2.40. The number of esters is 1. The lowest BCUT2D eigenvalue weighted by molar-refractivity contribution is -0.155. The first kappa shape index (κ1) is 22.7. The summed E-state index contributed by atoms with van der Waals surface area (Å²) in [5, 5.41) is 5.23. The van der Waals surface area contributed by atoms with Crippen molar-refractivity contribution in [1.82, 2.24) is 5.32 Å².